The van der Waals surface area contributed by atoms with Gasteiger partial charge in [-0.3, -0.25) is 9.59 Å². The molecule has 0 unspecified atom stereocenters. The average Bonchev–Trinajstić information content (AvgIpc) is 2.62. The van der Waals surface area contributed by atoms with Gasteiger partial charge in [0.25, 0.3) is 5.56 Å². The maximum Gasteiger partial charge on any atom is 0.311 e. The number of hydrogen-bond acceptors (Lipinski definition) is 4. The van der Waals surface area contributed by atoms with E-state index >= 15 is 0 Å². The van der Waals surface area contributed by atoms with Crippen molar-refractivity contribution in [3.63, 3.8) is 0 Å². The van der Waals surface area contributed by atoms with Crippen LogP contribution in [-0.4, -0.2) is 15.9 Å². The van der Waals surface area contributed by atoms with Gasteiger partial charge in [-0.2, -0.15) is 0 Å². The number of H-pyrrole nitrogens is 1. The summed E-state index contributed by atoms with van der Waals surface area (Å²) in [5, 5.41) is 0.570. The van der Waals surface area contributed by atoms with Gasteiger partial charge in [0.1, 0.15) is 11.6 Å². The lowest BCUT2D eigenvalue weighted by Crippen LogP contribution is -2.13. The number of nitrogens with one attached hydrogen (secondary N) is 1. The highest BCUT2D eigenvalue weighted by atomic mass is 16.5. The summed E-state index contributed by atoms with van der Waals surface area (Å²) in [4.78, 5) is 31.2. The molecule has 26 heavy (non-hydrogen) atoms. The number of aromatic amines is 1. The number of esters is 1. The van der Waals surface area contributed by atoms with Crippen molar-refractivity contribution < 1.29 is 9.53 Å². The van der Waals surface area contributed by atoms with E-state index in [4.69, 9.17) is 4.74 Å². The number of para-hydroxylation sites is 1. The first-order chi connectivity index (χ1) is 12.5. The van der Waals surface area contributed by atoms with E-state index in [1.165, 1.54) is 5.56 Å². The Kier molecular flexibility index (Phi) is 5.46. The molecule has 134 valence electrons. The molecule has 0 aliphatic heterocycles. The normalized spacial score (nSPS) is 11.0. The molecule has 2 aromatic carbocycles. The molecular formula is C21H22N2O3. The van der Waals surface area contributed by atoms with Crippen LogP contribution in [0.25, 0.3) is 10.9 Å². The Hall–Kier alpha value is -2.95. The maximum absolute atomic E-state index is 12.0. The highest BCUT2D eigenvalue weighted by Gasteiger charge is 2.08. The molecule has 0 radical (unpaired) electrons. The van der Waals surface area contributed by atoms with Crippen LogP contribution in [0.2, 0.25) is 0 Å². The second-order valence-corrected chi connectivity index (χ2v) is 6.58. The molecule has 1 heterocycles. The lowest BCUT2D eigenvalue weighted by atomic mass is 10.0. The van der Waals surface area contributed by atoms with Crippen LogP contribution in [0, 0.1) is 0 Å². The van der Waals surface area contributed by atoms with Crippen molar-refractivity contribution in [2.24, 2.45) is 0 Å². The van der Waals surface area contributed by atoms with Gasteiger partial charge >= 0.3 is 5.97 Å². The molecule has 0 saturated carbocycles. The highest BCUT2D eigenvalue weighted by molar-refractivity contribution is 5.77. The lowest BCUT2D eigenvalue weighted by Gasteiger charge is -2.08. The van der Waals surface area contributed by atoms with Crippen LogP contribution in [0.4, 0.5) is 0 Å². The second kappa shape index (κ2) is 7.95. The van der Waals surface area contributed by atoms with Crippen molar-refractivity contribution in [2.75, 3.05) is 0 Å². The third-order valence-electron chi connectivity index (χ3n) is 4.23. The van der Waals surface area contributed by atoms with Crippen LogP contribution in [0.1, 0.15) is 44.0 Å². The summed E-state index contributed by atoms with van der Waals surface area (Å²) in [6.45, 7) is 4.23. The summed E-state index contributed by atoms with van der Waals surface area (Å²) in [5.74, 6) is 1.29. The van der Waals surface area contributed by atoms with Gasteiger partial charge in [-0.05, 0) is 42.2 Å². The Bertz CT molecular complexity index is 959. The molecule has 0 aliphatic carbocycles. The Morgan fingerprint density at radius 3 is 2.58 bits per heavy atom. The topological polar surface area (TPSA) is 72.0 Å². The van der Waals surface area contributed by atoms with E-state index in [1.54, 1.807) is 6.07 Å². The minimum atomic E-state index is -0.287. The summed E-state index contributed by atoms with van der Waals surface area (Å²) < 4.78 is 5.35. The van der Waals surface area contributed by atoms with E-state index in [0.29, 0.717) is 41.2 Å². The lowest BCUT2D eigenvalue weighted by molar-refractivity contribution is -0.134. The number of carbonyl (C=O) groups is 1. The Morgan fingerprint density at radius 2 is 1.85 bits per heavy atom. The van der Waals surface area contributed by atoms with Gasteiger partial charge in [0.05, 0.1) is 10.9 Å². The number of ether oxygens (including phenoxy) is 1. The Balaban J connectivity index is 1.54. The predicted octanol–water partition coefficient (Wildman–Crippen LogP) is 3.97. The van der Waals surface area contributed by atoms with Gasteiger partial charge in [-0.1, -0.05) is 38.1 Å². The standard InChI is InChI=1S/C21H22N2O3/c1-14(2)15-10-12-16(13-11-15)26-20(24)9-5-8-19-22-18-7-4-3-6-17(18)21(25)23-19/h3-4,6-7,10-14H,5,8-9H2,1-2H3,(H,22,23,25). The quantitative estimate of drug-likeness (QED) is 0.539. The third kappa shape index (κ3) is 4.36. The highest BCUT2D eigenvalue weighted by Crippen LogP contribution is 2.19. The summed E-state index contributed by atoms with van der Waals surface area (Å²) in [7, 11) is 0. The van der Waals surface area contributed by atoms with E-state index in [-0.39, 0.29) is 17.9 Å². The molecule has 1 N–H and O–H groups in total. The Labute approximate surface area is 152 Å². The summed E-state index contributed by atoms with van der Waals surface area (Å²) in [5.41, 5.74) is 1.72. The number of benzene rings is 2. The monoisotopic (exact) mass is 350 g/mol. The molecule has 0 atom stereocenters. The van der Waals surface area contributed by atoms with Gasteiger partial charge < -0.3 is 9.72 Å². The van der Waals surface area contributed by atoms with Crippen molar-refractivity contribution in [3.05, 3.63) is 70.3 Å². The van der Waals surface area contributed by atoms with Crippen LogP contribution in [0.5, 0.6) is 5.75 Å². The van der Waals surface area contributed by atoms with Crippen molar-refractivity contribution in [1.82, 2.24) is 9.97 Å². The number of carbonyl (C=O) groups excluding carboxylic acids is 1. The van der Waals surface area contributed by atoms with Crippen molar-refractivity contribution in [1.29, 1.82) is 0 Å². The van der Waals surface area contributed by atoms with E-state index in [9.17, 15) is 9.59 Å². The third-order valence-corrected chi connectivity index (χ3v) is 4.23. The molecule has 3 aromatic rings. The minimum Gasteiger partial charge on any atom is -0.427 e. The molecule has 0 aliphatic rings. The van der Waals surface area contributed by atoms with E-state index in [2.05, 4.69) is 23.8 Å². The summed E-state index contributed by atoms with van der Waals surface area (Å²) >= 11 is 0. The zero-order valence-electron chi connectivity index (χ0n) is 15.0. The molecule has 0 amide bonds. The molecule has 0 spiro atoms. The van der Waals surface area contributed by atoms with Crippen LogP contribution in [0.3, 0.4) is 0 Å². The maximum atomic E-state index is 12.0. The SMILES string of the molecule is CC(C)c1ccc(OC(=O)CCCc2nc3ccccc3c(=O)[nH]2)cc1. The van der Waals surface area contributed by atoms with Crippen LogP contribution >= 0.6 is 0 Å². The molecule has 1 aromatic heterocycles. The van der Waals surface area contributed by atoms with Gasteiger partial charge in [0, 0.05) is 12.8 Å². The summed E-state index contributed by atoms with van der Waals surface area (Å²) in [6, 6.07) is 14.8. The number of hydrogen-bond donors (Lipinski definition) is 1. The van der Waals surface area contributed by atoms with Gasteiger partial charge in [-0.25, -0.2) is 4.98 Å². The molecule has 5 heteroatoms. The van der Waals surface area contributed by atoms with E-state index in [0.717, 1.165) is 0 Å². The van der Waals surface area contributed by atoms with Gasteiger partial charge in [0.2, 0.25) is 0 Å². The molecule has 0 saturated heterocycles. The largest absolute Gasteiger partial charge is 0.427 e. The predicted molar refractivity (Wildman–Crippen MR) is 101 cm³/mol. The Morgan fingerprint density at radius 1 is 1.12 bits per heavy atom. The number of nitrogens with zero attached hydrogens (tertiary/aromatic N) is 1. The number of fused-ring (bicyclic) bond motifs is 1. The van der Waals surface area contributed by atoms with Crippen molar-refractivity contribution in [3.8, 4) is 5.75 Å². The fraction of sp³-hybridized carbons (Fsp3) is 0.286. The van der Waals surface area contributed by atoms with Crippen LogP contribution in [-0.2, 0) is 11.2 Å². The van der Waals surface area contributed by atoms with Crippen molar-refractivity contribution >= 4 is 16.9 Å². The first-order valence-corrected chi connectivity index (χ1v) is 8.81. The zero-order chi connectivity index (χ0) is 18.5. The minimum absolute atomic E-state index is 0.154. The second-order valence-electron chi connectivity index (χ2n) is 6.58. The molecule has 0 fully saturated rings. The van der Waals surface area contributed by atoms with Crippen molar-refractivity contribution in [2.45, 2.75) is 39.0 Å². The van der Waals surface area contributed by atoms with Crippen LogP contribution in [0.15, 0.2) is 53.3 Å². The van der Waals surface area contributed by atoms with E-state index in [1.807, 2.05) is 42.5 Å². The molecule has 0 bridgehead atoms. The number of rotatable bonds is 6. The zero-order valence-corrected chi connectivity index (χ0v) is 15.0. The van der Waals surface area contributed by atoms with Gasteiger partial charge in [-0.15, -0.1) is 0 Å². The first-order valence-electron chi connectivity index (χ1n) is 8.81. The van der Waals surface area contributed by atoms with Crippen LogP contribution < -0.4 is 10.3 Å². The summed E-state index contributed by atoms with van der Waals surface area (Å²) in [6.07, 6.45) is 1.34. The fourth-order valence-electron chi connectivity index (χ4n) is 2.76. The number of aromatic nitrogens is 2. The number of aryl methyl sites for hydroxylation is 1. The fourth-order valence-corrected chi connectivity index (χ4v) is 2.76. The molecule has 3 rings (SSSR count). The molecular weight excluding hydrogens is 328 g/mol. The van der Waals surface area contributed by atoms with E-state index < -0.39 is 0 Å². The first kappa shape index (κ1) is 17.9. The van der Waals surface area contributed by atoms with Gasteiger partial charge in [0.15, 0.2) is 0 Å². The molecule has 5 nitrogen and oxygen atoms in total. The average molecular weight is 350 g/mol. The smallest absolute Gasteiger partial charge is 0.311 e.